The van der Waals surface area contributed by atoms with Crippen LogP contribution in [0.25, 0.3) is 0 Å². The fourth-order valence-electron chi connectivity index (χ4n) is 1.75. The second kappa shape index (κ2) is 4.65. The Kier molecular flexibility index (Phi) is 3.49. The maximum absolute atomic E-state index is 11.6. The summed E-state index contributed by atoms with van der Waals surface area (Å²) in [4.78, 5) is -0.00462. The number of nitrogens with two attached hydrogens (primary N) is 1. The molecule has 0 amide bonds. The SMILES string of the molecule is CS(=O)(=O)c1c(N)nsc1NCC1(O)CCOC1. The van der Waals surface area contributed by atoms with Crippen LogP contribution in [0, 0.1) is 0 Å². The highest BCUT2D eigenvalue weighted by Crippen LogP contribution is 2.32. The molecule has 1 atom stereocenters. The molecule has 0 aromatic carbocycles. The topological polar surface area (TPSA) is 115 Å². The molecule has 102 valence electrons. The molecule has 0 aliphatic carbocycles. The highest BCUT2D eigenvalue weighted by atomic mass is 32.2. The van der Waals surface area contributed by atoms with Gasteiger partial charge in [-0.3, -0.25) is 0 Å². The Morgan fingerprint density at radius 2 is 2.39 bits per heavy atom. The van der Waals surface area contributed by atoms with E-state index in [9.17, 15) is 13.5 Å². The van der Waals surface area contributed by atoms with Crippen molar-refractivity contribution in [2.75, 3.05) is 37.1 Å². The quantitative estimate of drug-likeness (QED) is 0.697. The lowest BCUT2D eigenvalue weighted by Crippen LogP contribution is -2.37. The van der Waals surface area contributed by atoms with Gasteiger partial charge in [-0.1, -0.05) is 0 Å². The van der Waals surface area contributed by atoms with Crippen molar-refractivity contribution < 1.29 is 18.3 Å². The number of aliphatic hydroxyl groups is 1. The molecule has 0 spiro atoms. The second-order valence-electron chi connectivity index (χ2n) is 4.38. The van der Waals surface area contributed by atoms with Crippen molar-refractivity contribution >= 4 is 32.2 Å². The van der Waals surface area contributed by atoms with E-state index < -0.39 is 15.4 Å². The Balaban J connectivity index is 2.15. The summed E-state index contributed by atoms with van der Waals surface area (Å²) in [7, 11) is -3.44. The van der Waals surface area contributed by atoms with E-state index in [1.807, 2.05) is 0 Å². The average Bonchev–Trinajstić information content (AvgIpc) is 2.82. The first-order valence-electron chi connectivity index (χ1n) is 5.31. The lowest BCUT2D eigenvalue weighted by Gasteiger charge is -2.20. The first-order chi connectivity index (χ1) is 8.32. The number of nitrogens with one attached hydrogen (secondary N) is 1. The molecule has 7 nitrogen and oxygen atoms in total. The van der Waals surface area contributed by atoms with Crippen LogP contribution in [-0.2, 0) is 14.6 Å². The van der Waals surface area contributed by atoms with Gasteiger partial charge in [-0.2, -0.15) is 4.37 Å². The van der Waals surface area contributed by atoms with E-state index in [0.717, 1.165) is 17.8 Å². The molecular weight excluding hydrogens is 278 g/mol. The minimum Gasteiger partial charge on any atom is -0.386 e. The van der Waals surface area contributed by atoms with Gasteiger partial charge >= 0.3 is 0 Å². The summed E-state index contributed by atoms with van der Waals surface area (Å²) < 4.78 is 32.1. The third-order valence-electron chi connectivity index (χ3n) is 2.71. The summed E-state index contributed by atoms with van der Waals surface area (Å²) in [6.45, 7) is 0.946. The van der Waals surface area contributed by atoms with Crippen LogP contribution in [0.15, 0.2) is 4.90 Å². The summed E-state index contributed by atoms with van der Waals surface area (Å²) in [5, 5.41) is 13.3. The van der Waals surface area contributed by atoms with Gasteiger partial charge in [-0.25, -0.2) is 8.42 Å². The van der Waals surface area contributed by atoms with E-state index in [2.05, 4.69) is 9.69 Å². The van der Waals surface area contributed by atoms with E-state index in [0.29, 0.717) is 18.0 Å². The van der Waals surface area contributed by atoms with Crippen LogP contribution in [0.3, 0.4) is 0 Å². The average molecular weight is 293 g/mol. The molecule has 0 saturated carbocycles. The minimum absolute atomic E-state index is 0.00462. The van der Waals surface area contributed by atoms with Crippen LogP contribution in [-0.4, -0.2) is 49.5 Å². The van der Waals surface area contributed by atoms with Gasteiger partial charge < -0.3 is 20.9 Å². The molecule has 0 bridgehead atoms. The number of anilines is 2. The zero-order chi connectivity index (χ0) is 13.4. The Labute approximate surface area is 109 Å². The van der Waals surface area contributed by atoms with E-state index in [1.165, 1.54) is 0 Å². The molecule has 4 N–H and O–H groups in total. The van der Waals surface area contributed by atoms with Crippen molar-refractivity contribution in [1.82, 2.24) is 4.37 Å². The zero-order valence-corrected chi connectivity index (χ0v) is 11.5. The fraction of sp³-hybridized carbons (Fsp3) is 0.667. The minimum atomic E-state index is -3.44. The number of hydrogen-bond acceptors (Lipinski definition) is 8. The van der Waals surface area contributed by atoms with Gasteiger partial charge in [0.1, 0.15) is 15.5 Å². The lowest BCUT2D eigenvalue weighted by molar-refractivity contribution is 0.0382. The molecule has 1 aromatic rings. The summed E-state index contributed by atoms with van der Waals surface area (Å²) in [6, 6.07) is 0. The highest BCUT2D eigenvalue weighted by Gasteiger charge is 2.33. The Hall–Kier alpha value is -0.900. The maximum Gasteiger partial charge on any atom is 0.182 e. The van der Waals surface area contributed by atoms with E-state index in [1.54, 1.807) is 0 Å². The predicted octanol–water partition coefficient (Wildman–Crippen LogP) is -0.308. The molecule has 2 heterocycles. The van der Waals surface area contributed by atoms with E-state index in [4.69, 9.17) is 10.5 Å². The number of aromatic nitrogens is 1. The number of rotatable bonds is 4. The highest BCUT2D eigenvalue weighted by molar-refractivity contribution is 7.91. The molecule has 1 unspecified atom stereocenters. The van der Waals surface area contributed by atoms with Crippen LogP contribution in [0.2, 0.25) is 0 Å². The van der Waals surface area contributed by atoms with Crippen LogP contribution < -0.4 is 11.1 Å². The van der Waals surface area contributed by atoms with Gasteiger partial charge in [0.15, 0.2) is 15.7 Å². The van der Waals surface area contributed by atoms with Crippen molar-refractivity contribution in [3.05, 3.63) is 0 Å². The number of hydrogen-bond donors (Lipinski definition) is 3. The summed E-state index contributed by atoms with van der Waals surface area (Å²) in [5.74, 6) is -0.0142. The predicted molar refractivity (Wildman–Crippen MR) is 68.5 cm³/mol. The van der Waals surface area contributed by atoms with E-state index in [-0.39, 0.29) is 23.9 Å². The zero-order valence-electron chi connectivity index (χ0n) is 9.84. The monoisotopic (exact) mass is 293 g/mol. The molecule has 1 aliphatic rings. The second-order valence-corrected chi connectivity index (χ2v) is 7.10. The van der Waals surface area contributed by atoms with Gasteiger partial charge in [0.05, 0.1) is 6.61 Å². The normalized spacial score (nSPS) is 24.3. The molecule has 2 rings (SSSR count). The van der Waals surface area contributed by atoms with Crippen molar-refractivity contribution in [3.63, 3.8) is 0 Å². The van der Waals surface area contributed by atoms with Crippen LogP contribution >= 0.6 is 11.5 Å². The van der Waals surface area contributed by atoms with Gasteiger partial charge in [0.2, 0.25) is 0 Å². The summed E-state index contributed by atoms with van der Waals surface area (Å²) in [6.07, 6.45) is 1.59. The number of ether oxygens (including phenoxy) is 1. The van der Waals surface area contributed by atoms with Gasteiger partial charge in [0, 0.05) is 25.8 Å². The van der Waals surface area contributed by atoms with Crippen LogP contribution in [0.4, 0.5) is 10.8 Å². The summed E-state index contributed by atoms with van der Waals surface area (Å²) >= 11 is 0.968. The Bertz CT molecular complexity index is 534. The molecular formula is C9H15N3O4S2. The van der Waals surface area contributed by atoms with Crippen molar-refractivity contribution in [3.8, 4) is 0 Å². The number of sulfone groups is 1. The molecule has 1 fully saturated rings. The third kappa shape index (κ3) is 2.74. The van der Waals surface area contributed by atoms with E-state index >= 15 is 0 Å². The standard InChI is InChI=1S/C9H15N3O4S2/c1-18(14,15)6-7(10)12-17-8(6)11-4-9(13)2-3-16-5-9/h11,13H,2-5H2,1H3,(H2,10,12). The molecule has 1 saturated heterocycles. The molecule has 9 heteroatoms. The van der Waals surface area contributed by atoms with Crippen molar-refractivity contribution in [2.45, 2.75) is 16.9 Å². The largest absolute Gasteiger partial charge is 0.386 e. The molecule has 18 heavy (non-hydrogen) atoms. The Morgan fingerprint density at radius 1 is 1.67 bits per heavy atom. The number of nitrogen functional groups attached to an aromatic ring is 1. The van der Waals surface area contributed by atoms with Crippen LogP contribution in [0.1, 0.15) is 6.42 Å². The van der Waals surface area contributed by atoms with Crippen molar-refractivity contribution in [2.24, 2.45) is 0 Å². The summed E-state index contributed by atoms with van der Waals surface area (Å²) in [5.41, 5.74) is 4.57. The Morgan fingerprint density at radius 3 is 2.94 bits per heavy atom. The third-order valence-corrected chi connectivity index (χ3v) is 4.81. The molecule has 1 aromatic heterocycles. The maximum atomic E-state index is 11.6. The van der Waals surface area contributed by atoms with Gasteiger partial charge in [-0.15, -0.1) is 0 Å². The molecule has 0 radical (unpaired) electrons. The molecule has 1 aliphatic heterocycles. The first kappa shape index (κ1) is 13.5. The van der Waals surface area contributed by atoms with Crippen molar-refractivity contribution in [1.29, 1.82) is 0 Å². The van der Waals surface area contributed by atoms with Gasteiger partial charge in [0.25, 0.3) is 0 Å². The van der Waals surface area contributed by atoms with Crippen LogP contribution in [0.5, 0.6) is 0 Å². The smallest absolute Gasteiger partial charge is 0.182 e. The lowest BCUT2D eigenvalue weighted by atomic mass is 10.0. The number of nitrogens with zero attached hydrogens (tertiary/aromatic N) is 1. The van der Waals surface area contributed by atoms with Gasteiger partial charge in [-0.05, 0) is 11.5 Å². The fourth-order valence-corrected chi connectivity index (χ4v) is 3.81. The first-order valence-corrected chi connectivity index (χ1v) is 7.97.